The first-order valence-electron chi connectivity index (χ1n) is 6.04. The largest absolute Gasteiger partial charge is 0.464 e. The molecule has 2 N–H and O–H groups in total. The number of hydrogen-bond donors (Lipinski definition) is 2. The van der Waals surface area contributed by atoms with Crippen LogP contribution in [0.3, 0.4) is 0 Å². The molecule has 0 bridgehead atoms. The smallest absolute Gasteiger partial charge is 0.418 e. The number of nitrogens with one attached hydrogen (secondary N) is 1. The molecule has 0 unspecified atom stereocenters. The minimum atomic E-state index is -1.19. The average Bonchev–Trinajstić information content (AvgIpc) is 2.61. The van der Waals surface area contributed by atoms with Crippen LogP contribution in [0.2, 0.25) is 0 Å². The van der Waals surface area contributed by atoms with Crippen LogP contribution < -0.4 is 10.2 Å². The molecule has 0 atom stereocenters. The third-order valence-electron chi connectivity index (χ3n) is 3.92. The number of imide groups is 1. The second-order valence-electron chi connectivity index (χ2n) is 4.77. The van der Waals surface area contributed by atoms with Crippen molar-refractivity contribution in [3.8, 4) is 0 Å². The van der Waals surface area contributed by atoms with Crippen LogP contribution >= 0.6 is 0 Å². The van der Waals surface area contributed by atoms with E-state index in [2.05, 4.69) is 5.32 Å². The van der Waals surface area contributed by atoms with Gasteiger partial charge in [-0.05, 0) is 37.6 Å². The lowest BCUT2D eigenvalue weighted by atomic mass is 9.74. The van der Waals surface area contributed by atoms with Gasteiger partial charge in [-0.2, -0.15) is 0 Å². The van der Waals surface area contributed by atoms with Gasteiger partial charge in [0.25, 0.3) is 0 Å². The number of carboxylic acid groups (broad SMARTS) is 1. The fourth-order valence-corrected chi connectivity index (χ4v) is 3.04. The number of rotatable bonds is 0. The molecule has 2 amide bonds. The topological polar surface area (TPSA) is 69.6 Å². The Balaban J connectivity index is 2.17. The van der Waals surface area contributed by atoms with E-state index in [1.165, 1.54) is 0 Å². The van der Waals surface area contributed by atoms with E-state index in [1.807, 2.05) is 12.1 Å². The van der Waals surface area contributed by atoms with Crippen LogP contribution in [0.5, 0.6) is 0 Å². The van der Waals surface area contributed by atoms with Crippen molar-refractivity contribution in [3.63, 3.8) is 0 Å². The molecule has 3 rings (SSSR count). The summed E-state index contributed by atoms with van der Waals surface area (Å²) in [7, 11) is 0. The van der Waals surface area contributed by atoms with E-state index in [1.54, 1.807) is 12.1 Å². The Morgan fingerprint density at radius 3 is 2.61 bits per heavy atom. The number of carbonyl (C=O) groups is 2. The van der Waals surface area contributed by atoms with Gasteiger partial charge in [-0.25, -0.2) is 9.69 Å². The summed E-state index contributed by atoms with van der Waals surface area (Å²) in [4.78, 5) is 24.7. The number of nitrogens with zero attached hydrogens (tertiary/aromatic N) is 1. The van der Waals surface area contributed by atoms with Crippen LogP contribution in [0.1, 0.15) is 18.4 Å². The monoisotopic (exact) mass is 246 g/mol. The molecule has 2 heterocycles. The van der Waals surface area contributed by atoms with E-state index in [4.69, 9.17) is 0 Å². The second-order valence-corrected chi connectivity index (χ2v) is 4.77. The third kappa shape index (κ3) is 1.31. The van der Waals surface area contributed by atoms with Gasteiger partial charge in [-0.3, -0.25) is 4.79 Å². The summed E-state index contributed by atoms with van der Waals surface area (Å²) in [5.41, 5.74) is 0.746. The summed E-state index contributed by atoms with van der Waals surface area (Å²) in [6, 6.07) is 7.21. The van der Waals surface area contributed by atoms with Crippen molar-refractivity contribution in [2.24, 2.45) is 0 Å². The predicted molar refractivity (Wildman–Crippen MR) is 65.7 cm³/mol. The molecule has 0 aromatic heterocycles. The summed E-state index contributed by atoms with van der Waals surface area (Å²) in [5, 5.41) is 12.4. The normalized spacial score (nSPS) is 21.1. The van der Waals surface area contributed by atoms with Crippen molar-refractivity contribution in [1.82, 2.24) is 5.32 Å². The zero-order valence-corrected chi connectivity index (χ0v) is 9.85. The Kier molecular flexibility index (Phi) is 2.38. The van der Waals surface area contributed by atoms with Crippen molar-refractivity contribution in [2.45, 2.75) is 18.3 Å². The lowest BCUT2D eigenvalue weighted by Crippen LogP contribution is -2.48. The molecule has 94 valence electrons. The molecule has 1 aromatic rings. The van der Waals surface area contributed by atoms with E-state index in [-0.39, 0.29) is 5.91 Å². The maximum Gasteiger partial charge on any atom is 0.418 e. The van der Waals surface area contributed by atoms with Gasteiger partial charge in [0, 0.05) is 0 Å². The molecule has 0 saturated carbocycles. The summed E-state index contributed by atoms with van der Waals surface area (Å²) >= 11 is 0. The molecule has 1 spiro atoms. The number of para-hydroxylation sites is 1. The van der Waals surface area contributed by atoms with Gasteiger partial charge in [0.1, 0.15) is 0 Å². The number of anilines is 1. The van der Waals surface area contributed by atoms with Crippen LogP contribution in [0, 0.1) is 0 Å². The SMILES string of the molecule is O=C(O)N1C(=O)C2(CCNCC2)c2ccccc21. The molecule has 18 heavy (non-hydrogen) atoms. The van der Waals surface area contributed by atoms with Crippen molar-refractivity contribution in [2.75, 3.05) is 18.0 Å². The minimum Gasteiger partial charge on any atom is -0.464 e. The maximum absolute atomic E-state index is 12.5. The van der Waals surface area contributed by atoms with Gasteiger partial charge < -0.3 is 10.4 Å². The van der Waals surface area contributed by atoms with Gasteiger partial charge >= 0.3 is 6.09 Å². The van der Waals surface area contributed by atoms with Gasteiger partial charge in [-0.1, -0.05) is 18.2 Å². The van der Waals surface area contributed by atoms with Crippen LogP contribution in [-0.2, 0) is 10.2 Å². The highest BCUT2D eigenvalue weighted by Crippen LogP contribution is 2.46. The van der Waals surface area contributed by atoms with Crippen molar-refractivity contribution >= 4 is 17.7 Å². The Morgan fingerprint density at radius 2 is 1.94 bits per heavy atom. The molecular formula is C13H14N2O3. The zero-order chi connectivity index (χ0) is 12.8. The molecule has 0 aliphatic carbocycles. The molecule has 1 saturated heterocycles. The lowest BCUT2D eigenvalue weighted by molar-refractivity contribution is -0.123. The Morgan fingerprint density at radius 1 is 1.28 bits per heavy atom. The second kappa shape index (κ2) is 3.81. The minimum absolute atomic E-state index is 0.294. The quantitative estimate of drug-likeness (QED) is 0.724. The molecule has 5 nitrogen and oxygen atoms in total. The van der Waals surface area contributed by atoms with E-state index in [0.29, 0.717) is 18.5 Å². The Bertz CT molecular complexity index is 521. The highest BCUT2D eigenvalue weighted by Gasteiger charge is 2.52. The Hall–Kier alpha value is -1.88. The van der Waals surface area contributed by atoms with Gasteiger partial charge in [0.05, 0.1) is 11.1 Å². The van der Waals surface area contributed by atoms with Gasteiger partial charge in [0.2, 0.25) is 5.91 Å². The standard InChI is InChI=1S/C13H14N2O3/c16-11-13(5-7-14-8-6-13)9-3-1-2-4-10(9)15(11)12(17)18/h1-4,14H,5-8H2,(H,17,18). The number of amides is 2. The highest BCUT2D eigenvalue weighted by molar-refractivity contribution is 6.20. The summed E-state index contributed by atoms with van der Waals surface area (Å²) in [5.74, 6) is -0.294. The fraction of sp³-hybridized carbons (Fsp3) is 0.385. The lowest BCUT2D eigenvalue weighted by Gasteiger charge is -2.32. The molecule has 2 aliphatic rings. The number of fused-ring (bicyclic) bond motifs is 2. The van der Waals surface area contributed by atoms with E-state index < -0.39 is 11.5 Å². The summed E-state index contributed by atoms with van der Waals surface area (Å²) in [6.45, 7) is 1.49. The van der Waals surface area contributed by atoms with Crippen molar-refractivity contribution in [1.29, 1.82) is 0 Å². The Labute approximate surface area is 104 Å². The molecule has 1 fully saturated rings. The van der Waals surface area contributed by atoms with Crippen molar-refractivity contribution < 1.29 is 14.7 Å². The molecule has 1 aromatic carbocycles. The van der Waals surface area contributed by atoms with Gasteiger partial charge in [0.15, 0.2) is 0 Å². The first-order valence-corrected chi connectivity index (χ1v) is 6.04. The molecule has 2 aliphatic heterocycles. The molecule has 0 radical (unpaired) electrons. The zero-order valence-electron chi connectivity index (χ0n) is 9.85. The average molecular weight is 246 g/mol. The van der Waals surface area contributed by atoms with Crippen LogP contribution in [0.15, 0.2) is 24.3 Å². The fourth-order valence-electron chi connectivity index (χ4n) is 3.04. The predicted octanol–water partition coefficient (Wildman–Crippen LogP) is 1.33. The van der Waals surface area contributed by atoms with Crippen LogP contribution in [-0.4, -0.2) is 30.2 Å². The number of piperidine rings is 1. The van der Waals surface area contributed by atoms with Crippen LogP contribution in [0.25, 0.3) is 0 Å². The number of carbonyl (C=O) groups excluding carboxylic acids is 1. The van der Waals surface area contributed by atoms with Crippen molar-refractivity contribution in [3.05, 3.63) is 29.8 Å². The highest BCUT2D eigenvalue weighted by atomic mass is 16.4. The maximum atomic E-state index is 12.5. The van der Waals surface area contributed by atoms with Gasteiger partial charge in [-0.15, -0.1) is 0 Å². The summed E-state index contributed by atoms with van der Waals surface area (Å²) < 4.78 is 0. The number of benzene rings is 1. The van der Waals surface area contributed by atoms with E-state index in [9.17, 15) is 14.7 Å². The number of hydrogen-bond acceptors (Lipinski definition) is 3. The molecule has 5 heteroatoms. The first-order chi connectivity index (χ1) is 8.67. The summed E-state index contributed by atoms with van der Waals surface area (Å²) in [6.07, 6.45) is 0.127. The van der Waals surface area contributed by atoms with E-state index >= 15 is 0 Å². The molecular weight excluding hydrogens is 232 g/mol. The van der Waals surface area contributed by atoms with Crippen LogP contribution in [0.4, 0.5) is 10.5 Å². The third-order valence-corrected chi connectivity index (χ3v) is 3.92. The first kappa shape index (κ1) is 11.2. The van der Waals surface area contributed by atoms with E-state index in [0.717, 1.165) is 23.6 Å².